The molecule has 0 amide bonds. The highest BCUT2D eigenvalue weighted by Gasteiger charge is 2.30. The van der Waals surface area contributed by atoms with Crippen molar-refractivity contribution >= 4 is 35.6 Å². The highest BCUT2D eigenvalue weighted by Crippen LogP contribution is 2.34. The predicted octanol–water partition coefficient (Wildman–Crippen LogP) is 5.06. The number of nitrogens with one attached hydrogen (secondary N) is 1. The van der Waals surface area contributed by atoms with Gasteiger partial charge in [0.15, 0.2) is 0 Å². The van der Waals surface area contributed by atoms with Crippen molar-refractivity contribution in [2.45, 2.75) is 13.0 Å². The van der Waals surface area contributed by atoms with Gasteiger partial charge in [-0.2, -0.15) is 0 Å². The van der Waals surface area contributed by atoms with Gasteiger partial charge in [-0.05, 0) is 36.8 Å². The van der Waals surface area contributed by atoms with Gasteiger partial charge in [0, 0.05) is 19.0 Å². The third kappa shape index (κ3) is 3.88. The topological polar surface area (TPSA) is 21.3 Å². The van der Waals surface area contributed by atoms with Crippen molar-refractivity contribution in [1.29, 1.82) is 0 Å². The van der Waals surface area contributed by atoms with E-state index in [2.05, 4.69) is 24.4 Å². The number of hydrogen-bond acceptors (Lipinski definition) is 2. The third-order valence-corrected chi connectivity index (χ3v) is 4.54. The minimum atomic E-state index is -0.0104. The molecule has 0 unspecified atom stereocenters. The van der Waals surface area contributed by atoms with Crippen molar-refractivity contribution in [3.05, 3.63) is 63.6 Å². The molecule has 0 saturated carbocycles. The van der Waals surface area contributed by atoms with Crippen molar-refractivity contribution in [1.82, 2.24) is 5.32 Å². The second-order valence-corrected chi connectivity index (χ2v) is 6.26. The molecule has 1 aliphatic heterocycles. The van der Waals surface area contributed by atoms with E-state index in [9.17, 15) is 0 Å². The van der Waals surface area contributed by atoms with Crippen LogP contribution in [0, 0.1) is 12.8 Å². The first kappa shape index (κ1) is 17.4. The van der Waals surface area contributed by atoms with E-state index in [1.54, 1.807) is 0 Å². The average molecular weight is 359 g/mol. The summed E-state index contributed by atoms with van der Waals surface area (Å²) >= 11 is 12.1. The Labute approximate surface area is 147 Å². The molecular formula is C17H18Cl3NO. The fraction of sp³-hybridized carbons (Fsp3) is 0.294. The molecule has 3 rings (SSSR count). The Balaban J connectivity index is 0.00000176. The van der Waals surface area contributed by atoms with Crippen LogP contribution in [-0.2, 0) is 0 Å². The van der Waals surface area contributed by atoms with Gasteiger partial charge in [-0.3, -0.25) is 0 Å². The molecule has 1 N–H and O–H groups in total. The minimum Gasteiger partial charge on any atom is -0.485 e. The normalized spacial score (nSPS) is 15.6. The zero-order valence-electron chi connectivity index (χ0n) is 12.2. The van der Waals surface area contributed by atoms with E-state index in [4.69, 9.17) is 27.9 Å². The molecule has 0 spiro atoms. The first-order chi connectivity index (χ1) is 10.1. The van der Waals surface area contributed by atoms with Crippen LogP contribution in [0.3, 0.4) is 0 Å². The molecule has 2 aromatic rings. The van der Waals surface area contributed by atoms with Gasteiger partial charge in [-0.15, -0.1) is 12.4 Å². The average Bonchev–Trinajstić information content (AvgIpc) is 2.41. The standard InChI is InChI=1S/C17H17Cl2NO.ClH/c1-11-2-5-14(6-3-11)21-17(13-9-20-10-13)12-4-7-15(18)16(19)8-12;/h2-8,13,17,20H,9-10H2,1H3;1H/t17-;/m1./s1. The highest BCUT2D eigenvalue weighted by molar-refractivity contribution is 6.42. The number of aryl methyl sites for hydroxylation is 1. The number of benzene rings is 2. The Morgan fingerprint density at radius 2 is 1.73 bits per heavy atom. The van der Waals surface area contributed by atoms with Crippen LogP contribution in [0.1, 0.15) is 17.2 Å². The fourth-order valence-corrected chi connectivity index (χ4v) is 2.72. The van der Waals surface area contributed by atoms with Crippen LogP contribution in [0.15, 0.2) is 42.5 Å². The lowest BCUT2D eigenvalue weighted by molar-refractivity contribution is 0.0993. The number of hydrogen-bond donors (Lipinski definition) is 1. The van der Waals surface area contributed by atoms with Crippen LogP contribution in [-0.4, -0.2) is 13.1 Å². The smallest absolute Gasteiger partial charge is 0.129 e. The van der Waals surface area contributed by atoms with Crippen molar-refractivity contribution in [3.8, 4) is 5.75 Å². The van der Waals surface area contributed by atoms with Gasteiger partial charge in [0.1, 0.15) is 11.9 Å². The number of halogens is 3. The summed E-state index contributed by atoms with van der Waals surface area (Å²) in [6.45, 7) is 3.98. The lowest BCUT2D eigenvalue weighted by Gasteiger charge is -2.35. The number of rotatable bonds is 4. The van der Waals surface area contributed by atoms with Gasteiger partial charge in [-0.1, -0.05) is 47.0 Å². The molecular weight excluding hydrogens is 341 g/mol. The molecule has 0 aromatic heterocycles. The summed E-state index contributed by atoms with van der Waals surface area (Å²) in [5.41, 5.74) is 2.29. The second-order valence-electron chi connectivity index (χ2n) is 5.44. The van der Waals surface area contributed by atoms with Gasteiger partial charge in [0.05, 0.1) is 10.0 Å². The molecule has 118 valence electrons. The van der Waals surface area contributed by atoms with E-state index >= 15 is 0 Å². The molecule has 2 nitrogen and oxygen atoms in total. The summed E-state index contributed by atoms with van der Waals surface area (Å²) < 4.78 is 6.21. The van der Waals surface area contributed by atoms with Crippen LogP contribution >= 0.6 is 35.6 Å². The molecule has 5 heteroatoms. The van der Waals surface area contributed by atoms with Crippen LogP contribution in [0.5, 0.6) is 5.75 Å². The Kier molecular flexibility index (Phi) is 5.99. The summed E-state index contributed by atoms with van der Waals surface area (Å²) in [5.74, 6) is 1.33. The Hall–Kier alpha value is -0.930. The Morgan fingerprint density at radius 1 is 1.05 bits per heavy atom. The van der Waals surface area contributed by atoms with E-state index < -0.39 is 0 Å². The Morgan fingerprint density at radius 3 is 2.27 bits per heavy atom. The van der Waals surface area contributed by atoms with Crippen molar-refractivity contribution in [3.63, 3.8) is 0 Å². The monoisotopic (exact) mass is 357 g/mol. The van der Waals surface area contributed by atoms with Gasteiger partial charge in [0.2, 0.25) is 0 Å². The van der Waals surface area contributed by atoms with Crippen LogP contribution in [0.25, 0.3) is 0 Å². The SMILES string of the molecule is Cc1ccc(O[C@H](c2ccc(Cl)c(Cl)c2)C2CNC2)cc1.Cl. The van der Waals surface area contributed by atoms with E-state index in [-0.39, 0.29) is 18.5 Å². The molecule has 0 bridgehead atoms. The van der Waals surface area contributed by atoms with Gasteiger partial charge in [0.25, 0.3) is 0 Å². The molecule has 1 heterocycles. The fourth-order valence-electron chi connectivity index (χ4n) is 2.41. The first-order valence-electron chi connectivity index (χ1n) is 7.02. The van der Waals surface area contributed by atoms with Gasteiger partial charge in [-0.25, -0.2) is 0 Å². The zero-order valence-corrected chi connectivity index (χ0v) is 14.5. The van der Waals surface area contributed by atoms with E-state index in [0.29, 0.717) is 16.0 Å². The van der Waals surface area contributed by atoms with Crippen molar-refractivity contribution in [2.24, 2.45) is 5.92 Å². The maximum absolute atomic E-state index is 6.21. The summed E-state index contributed by atoms with van der Waals surface area (Å²) in [4.78, 5) is 0. The lowest BCUT2D eigenvalue weighted by atomic mass is 9.91. The zero-order chi connectivity index (χ0) is 14.8. The predicted molar refractivity (Wildman–Crippen MR) is 94.6 cm³/mol. The highest BCUT2D eigenvalue weighted by atomic mass is 35.5. The van der Waals surface area contributed by atoms with E-state index in [1.807, 2.05) is 30.3 Å². The lowest BCUT2D eigenvalue weighted by Crippen LogP contribution is -2.46. The number of ether oxygens (including phenoxy) is 1. The molecule has 1 fully saturated rings. The summed E-state index contributed by atoms with van der Waals surface area (Å²) in [6.07, 6.45) is -0.0104. The molecule has 0 radical (unpaired) electrons. The molecule has 1 saturated heterocycles. The molecule has 2 aromatic carbocycles. The molecule has 0 aliphatic carbocycles. The van der Waals surface area contributed by atoms with Crippen molar-refractivity contribution < 1.29 is 4.74 Å². The maximum atomic E-state index is 6.21. The quantitative estimate of drug-likeness (QED) is 0.824. The summed E-state index contributed by atoms with van der Waals surface area (Å²) in [6, 6.07) is 13.8. The summed E-state index contributed by atoms with van der Waals surface area (Å²) in [5, 5.41) is 4.43. The molecule has 1 aliphatic rings. The van der Waals surface area contributed by atoms with Crippen LogP contribution < -0.4 is 10.1 Å². The maximum Gasteiger partial charge on any atom is 0.129 e. The summed E-state index contributed by atoms with van der Waals surface area (Å²) in [7, 11) is 0. The minimum absolute atomic E-state index is 0. The van der Waals surface area contributed by atoms with Crippen LogP contribution in [0.4, 0.5) is 0 Å². The third-order valence-electron chi connectivity index (χ3n) is 3.80. The first-order valence-corrected chi connectivity index (χ1v) is 7.78. The molecule has 22 heavy (non-hydrogen) atoms. The second kappa shape index (κ2) is 7.56. The van der Waals surface area contributed by atoms with E-state index in [0.717, 1.165) is 24.4 Å². The van der Waals surface area contributed by atoms with Crippen LogP contribution in [0.2, 0.25) is 10.0 Å². The Bertz CT molecular complexity index is 626. The molecule has 1 atom stereocenters. The largest absolute Gasteiger partial charge is 0.485 e. The van der Waals surface area contributed by atoms with Gasteiger partial charge >= 0.3 is 0 Å². The van der Waals surface area contributed by atoms with E-state index in [1.165, 1.54) is 5.56 Å². The van der Waals surface area contributed by atoms with Gasteiger partial charge < -0.3 is 10.1 Å². The van der Waals surface area contributed by atoms with Crippen molar-refractivity contribution in [2.75, 3.05) is 13.1 Å².